The number of likely N-dealkylation sites (N-methyl/N-ethyl adjacent to an activating group) is 1. The maximum atomic E-state index is 14.8. The first-order chi connectivity index (χ1) is 26.0. The van der Waals surface area contributed by atoms with E-state index in [9.17, 15) is 38.4 Å². The molecule has 3 aromatic rings. The normalized spacial score (nSPS) is 12.8. The van der Waals surface area contributed by atoms with Gasteiger partial charge in [-0.3, -0.25) is 33.3 Å². The molecular weight excluding hydrogens is 724 g/mol. The van der Waals surface area contributed by atoms with Gasteiger partial charge < -0.3 is 38.1 Å². The molecule has 0 saturated carbocycles. The molecular formula is C38H42N2O15. The van der Waals surface area contributed by atoms with E-state index in [1.807, 2.05) is 0 Å². The summed E-state index contributed by atoms with van der Waals surface area (Å²) in [5.41, 5.74) is -1.38. The molecule has 0 radical (unpaired) electrons. The first kappa shape index (κ1) is 42.9. The SMILES string of the molecule is COC(=O)c1c(C(=O)OC)c(N(C)C[C@H](OC(C)=O)[C@@H](OC(C)=O)[C@H](OC(C)=O)[C@@H](COC(C)=O)OC(C)=O)n(-c2ccccc2)c(=O)c1-c1ccccc1. The van der Waals surface area contributed by atoms with E-state index in [1.54, 1.807) is 60.7 Å². The number of benzene rings is 2. The van der Waals surface area contributed by atoms with Gasteiger partial charge in [-0.2, -0.15) is 0 Å². The number of para-hydroxylation sites is 1. The molecule has 0 amide bonds. The first-order valence-corrected chi connectivity index (χ1v) is 16.7. The average molecular weight is 767 g/mol. The van der Waals surface area contributed by atoms with Gasteiger partial charge in [-0.1, -0.05) is 48.5 Å². The number of pyridine rings is 1. The molecule has 0 aliphatic carbocycles. The van der Waals surface area contributed by atoms with Gasteiger partial charge >= 0.3 is 41.8 Å². The van der Waals surface area contributed by atoms with Gasteiger partial charge in [0.1, 0.15) is 18.0 Å². The van der Waals surface area contributed by atoms with Gasteiger partial charge in [-0.25, -0.2) is 9.59 Å². The molecule has 0 spiro atoms. The van der Waals surface area contributed by atoms with Crippen molar-refractivity contribution in [1.29, 1.82) is 0 Å². The van der Waals surface area contributed by atoms with Crippen molar-refractivity contribution in [2.45, 2.75) is 59.0 Å². The molecule has 17 heteroatoms. The molecule has 0 N–H and O–H groups in total. The number of anilines is 1. The van der Waals surface area contributed by atoms with Crippen LogP contribution in [0.5, 0.6) is 0 Å². The number of hydrogen-bond donors (Lipinski definition) is 0. The predicted molar refractivity (Wildman–Crippen MR) is 192 cm³/mol. The van der Waals surface area contributed by atoms with E-state index in [0.29, 0.717) is 0 Å². The second-order valence-electron chi connectivity index (χ2n) is 11.9. The fraction of sp³-hybridized carbons (Fsp3) is 0.368. The number of esters is 7. The van der Waals surface area contributed by atoms with Crippen LogP contribution < -0.4 is 10.5 Å². The summed E-state index contributed by atoms with van der Waals surface area (Å²) in [6, 6.07) is 16.1. The minimum Gasteiger partial charge on any atom is -0.465 e. The molecule has 2 aromatic carbocycles. The van der Waals surface area contributed by atoms with Crippen LogP contribution in [0.4, 0.5) is 5.82 Å². The molecule has 0 fully saturated rings. The van der Waals surface area contributed by atoms with Gasteiger partial charge in [0.25, 0.3) is 5.56 Å². The van der Waals surface area contributed by atoms with E-state index in [-0.39, 0.29) is 22.6 Å². The summed E-state index contributed by atoms with van der Waals surface area (Å²) < 4.78 is 38.5. The Labute approximate surface area is 315 Å². The van der Waals surface area contributed by atoms with Crippen LogP contribution in [-0.4, -0.2) is 105 Å². The lowest BCUT2D eigenvalue weighted by Crippen LogP contribution is -2.55. The predicted octanol–water partition coefficient (Wildman–Crippen LogP) is 2.80. The standard InChI is InChI=1S/C38H42N2O15/c1-21(41)51-20-29(53-23(3)43)34(55-25(5)45)33(54-24(4)44)28(52-22(2)42)19-39(6)35-32(38(48)50-8)31(37(47)49-7)30(26-15-11-9-12-16-26)36(46)40(35)27-17-13-10-14-18-27/h9-18,28-29,33-34H,19-20H2,1-8H3/t28-,29+,33+,34+/m0/s1. The molecule has 3 rings (SSSR count). The number of aromatic nitrogens is 1. The van der Waals surface area contributed by atoms with Crippen molar-refractivity contribution >= 4 is 47.6 Å². The zero-order valence-electron chi connectivity index (χ0n) is 31.5. The van der Waals surface area contributed by atoms with E-state index < -0.39 is 96.0 Å². The highest BCUT2D eigenvalue weighted by atomic mass is 16.6. The third-order valence-electron chi connectivity index (χ3n) is 7.77. The van der Waals surface area contributed by atoms with Crippen LogP contribution in [0.1, 0.15) is 55.3 Å². The summed E-state index contributed by atoms with van der Waals surface area (Å²) in [6.45, 7) is 3.89. The van der Waals surface area contributed by atoms with Gasteiger partial charge in [0, 0.05) is 41.7 Å². The fourth-order valence-electron chi connectivity index (χ4n) is 5.79. The highest BCUT2D eigenvalue weighted by Gasteiger charge is 2.45. The lowest BCUT2D eigenvalue weighted by Gasteiger charge is -2.37. The van der Waals surface area contributed by atoms with Crippen molar-refractivity contribution < 1.29 is 66.7 Å². The summed E-state index contributed by atoms with van der Waals surface area (Å²) in [4.78, 5) is 105. The minimum atomic E-state index is -1.80. The Morgan fingerprint density at radius 2 is 1.07 bits per heavy atom. The van der Waals surface area contributed by atoms with Crippen molar-refractivity contribution in [3.05, 3.63) is 82.1 Å². The second-order valence-corrected chi connectivity index (χ2v) is 11.9. The molecule has 1 heterocycles. The smallest absolute Gasteiger partial charge is 0.342 e. The number of carbonyl (C=O) groups excluding carboxylic acids is 7. The third kappa shape index (κ3) is 11.0. The first-order valence-electron chi connectivity index (χ1n) is 16.7. The van der Waals surface area contributed by atoms with E-state index in [2.05, 4.69) is 0 Å². The summed E-state index contributed by atoms with van der Waals surface area (Å²) in [7, 11) is 3.50. The van der Waals surface area contributed by atoms with Gasteiger partial charge in [0.15, 0.2) is 24.4 Å². The van der Waals surface area contributed by atoms with Crippen molar-refractivity contribution in [3.8, 4) is 16.8 Å². The van der Waals surface area contributed by atoms with E-state index in [0.717, 1.165) is 53.4 Å². The summed E-state index contributed by atoms with van der Waals surface area (Å²) in [6.07, 6.45) is -6.84. The molecule has 0 bridgehead atoms. The Hall–Kier alpha value is -6.52. The van der Waals surface area contributed by atoms with Gasteiger partial charge in [0.05, 0.1) is 37.6 Å². The summed E-state index contributed by atoms with van der Waals surface area (Å²) in [5, 5.41) is 0. The molecule has 4 atom stereocenters. The highest BCUT2D eigenvalue weighted by molar-refractivity contribution is 6.11. The number of carbonyl (C=O) groups is 7. The van der Waals surface area contributed by atoms with Crippen LogP contribution in [0.25, 0.3) is 16.8 Å². The Balaban J connectivity index is 2.47. The quantitative estimate of drug-likeness (QED) is 0.152. The Bertz CT molecular complexity index is 1960. The lowest BCUT2D eigenvalue weighted by atomic mass is 9.95. The van der Waals surface area contributed by atoms with Crippen LogP contribution in [0.3, 0.4) is 0 Å². The number of ether oxygens (including phenoxy) is 7. The Kier molecular flexibility index (Phi) is 15.2. The highest BCUT2D eigenvalue weighted by Crippen LogP contribution is 2.34. The summed E-state index contributed by atoms with van der Waals surface area (Å²) >= 11 is 0. The topological polar surface area (TPSA) is 209 Å². The zero-order chi connectivity index (χ0) is 41.0. The number of hydrogen-bond acceptors (Lipinski definition) is 16. The van der Waals surface area contributed by atoms with Crippen molar-refractivity contribution in [2.24, 2.45) is 0 Å². The zero-order valence-corrected chi connectivity index (χ0v) is 31.5. The molecule has 0 aliphatic heterocycles. The third-order valence-corrected chi connectivity index (χ3v) is 7.77. The number of nitrogens with zero attached hydrogens (tertiary/aromatic N) is 2. The largest absolute Gasteiger partial charge is 0.465 e. The second kappa shape index (κ2) is 19.5. The fourth-order valence-corrected chi connectivity index (χ4v) is 5.79. The van der Waals surface area contributed by atoms with Crippen molar-refractivity contribution in [3.63, 3.8) is 0 Å². The lowest BCUT2D eigenvalue weighted by molar-refractivity contribution is -0.201. The van der Waals surface area contributed by atoms with Crippen LogP contribution in [-0.2, 0) is 57.1 Å². The molecule has 294 valence electrons. The van der Waals surface area contributed by atoms with Crippen molar-refractivity contribution in [1.82, 2.24) is 4.57 Å². The van der Waals surface area contributed by atoms with Gasteiger partial charge in [-0.15, -0.1) is 0 Å². The minimum absolute atomic E-state index is 0.201. The summed E-state index contributed by atoms with van der Waals surface area (Å²) in [5.74, 6) is -6.94. The molecule has 0 unspecified atom stereocenters. The average Bonchev–Trinajstić information content (AvgIpc) is 3.13. The van der Waals surface area contributed by atoms with Gasteiger partial charge in [0.2, 0.25) is 0 Å². The van der Waals surface area contributed by atoms with Crippen molar-refractivity contribution in [2.75, 3.05) is 39.3 Å². The molecule has 55 heavy (non-hydrogen) atoms. The molecule has 0 saturated heterocycles. The van der Waals surface area contributed by atoms with Crippen LogP contribution >= 0.6 is 0 Å². The molecule has 17 nitrogen and oxygen atoms in total. The Morgan fingerprint density at radius 1 is 0.618 bits per heavy atom. The monoisotopic (exact) mass is 766 g/mol. The Morgan fingerprint density at radius 3 is 1.55 bits per heavy atom. The van der Waals surface area contributed by atoms with Gasteiger partial charge in [-0.05, 0) is 17.7 Å². The van der Waals surface area contributed by atoms with Crippen LogP contribution in [0.15, 0.2) is 65.5 Å². The maximum absolute atomic E-state index is 14.8. The van der Waals surface area contributed by atoms with E-state index in [1.165, 1.54) is 11.9 Å². The number of rotatable bonds is 16. The maximum Gasteiger partial charge on any atom is 0.342 e. The van der Waals surface area contributed by atoms with Crippen LogP contribution in [0, 0.1) is 0 Å². The molecule has 0 aliphatic rings. The number of methoxy groups -OCH3 is 2. The van der Waals surface area contributed by atoms with E-state index >= 15 is 0 Å². The van der Waals surface area contributed by atoms with E-state index in [4.69, 9.17) is 33.2 Å². The van der Waals surface area contributed by atoms with Crippen LogP contribution in [0.2, 0.25) is 0 Å². The molecule has 1 aromatic heterocycles.